The van der Waals surface area contributed by atoms with E-state index in [4.69, 9.17) is 4.74 Å². The number of para-hydroxylation sites is 1. The van der Waals surface area contributed by atoms with Gasteiger partial charge in [0.2, 0.25) is 5.91 Å². The first-order valence-electron chi connectivity index (χ1n) is 9.54. The summed E-state index contributed by atoms with van der Waals surface area (Å²) in [6, 6.07) is 16.2. The van der Waals surface area contributed by atoms with Crippen LogP contribution in [0, 0.1) is 5.92 Å². The van der Waals surface area contributed by atoms with E-state index >= 15 is 0 Å². The van der Waals surface area contributed by atoms with Gasteiger partial charge in [-0.05, 0) is 30.2 Å². The number of aliphatic carboxylic acids is 1. The Morgan fingerprint density at radius 3 is 2.45 bits per heavy atom. The van der Waals surface area contributed by atoms with Crippen LogP contribution < -0.4 is 10.1 Å². The van der Waals surface area contributed by atoms with Gasteiger partial charge in [-0.15, -0.1) is 0 Å². The molecule has 0 saturated carbocycles. The van der Waals surface area contributed by atoms with Crippen molar-refractivity contribution in [2.75, 3.05) is 0 Å². The van der Waals surface area contributed by atoms with Gasteiger partial charge in [0.05, 0.1) is 5.71 Å². The topological polar surface area (TPSA) is 91.2 Å². The molecule has 2 N–H and O–H groups in total. The van der Waals surface area contributed by atoms with E-state index in [0.29, 0.717) is 17.9 Å². The van der Waals surface area contributed by atoms with Gasteiger partial charge >= 0.3 is 5.97 Å². The van der Waals surface area contributed by atoms with Crippen molar-refractivity contribution in [1.29, 1.82) is 0 Å². The van der Waals surface area contributed by atoms with Crippen LogP contribution in [0.3, 0.4) is 0 Å². The molecule has 0 spiro atoms. The molecule has 7 nitrogen and oxygen atoms in total. The molecule has 3 rings (SSSR count). The van der Waals surface area contributed by atoms with Crippen molar-refractivity contribution in [3.8, 4) is 11.5 Å². The molecule has 2 atom stereocenters. The fourth-order valence-corrected chi connectivity index (χ4v) is 3.23. The van der Waals surface area contributed by atoms with Crippen molar-refractivity contribution in [2.24, 2.45) is 11.0 Å². The van der Waals surface area contributed by atoms with Crippen LogP contribution in [0.15, 0.2) is 59.7 Å². The number of ether oxygens (including phenoxy) is 1. The van der Waals surface area contributed by atoms with Crippen molar-refractivity contribution in [2.45, 2.75) is 39.4 Å². The zero-order valence-electron chi connectivity index (χ0n) is 16.7. The number of carboxylic acids is 1. The molecule has 0 saturated heterocycles. The monoisotopic (exact) mass is 395 g/mol. The quantitative estimate of drug-likeness (QED) is 0.749. The number of nitrogens with one attached hydrogen (secondary N) is 1. The maximum atomic E-state index is 12.1. The molecular weight excluding hydrogens is 370 g/mol. The molecule has 0 radical (unpaired) electrons. The van der Waals surface area contributed by atoms with Gasteiger partial charge in [0, 0.05) is 18.9 Å². The molecule has 0 aromatic heterocycles. The number of hydrogen-bond donors (Lipinski definition) is 2. The zero-order valence-corrected chi connectivity index (χ0v) is 16.7. The Hall–Kier alpha value is -3.19. The van der Waals surface area contributed by atoms with Gasteiger partial charge in [-0.25, -0.2) is 5.01 Å². The number of amides is 1. The summed E-state index contributed by atoms with van der Waals surface area (Å²) >= 11 is 0. The molecule has 2 aromatic rings. The minimum atomic E-state index is -0.949. The SMILES string of the molecule is CC(=O)N1N=C(c2cccc(Oc3ccccc3)c2)CC1NC(C(=O)O)C(C)C. The van der Waals surface area contributed by atoms with Gasteiger partial charge in [-0.2, -0.15) is 5.10 Å². The first-order valence-corrected chi connectivity index (χ1v) is 9.54. The van der Waals surface area contributed by atoms with E-state index in [1.54, 1.807) is 0 Å². The molecule has 2 unspecified atom stereocenters. The summed E-state index contributed by atoms with van der Waals surface area (Å²) in [7, 11) is 0. The molecule has 7 heteroatoms. The summed E-state index contributed by atoms with van der Waals surface area (Å²) in [4.78, 5) is 23.6. The number of hydrogen-bond acceptors (Lipinski definition) is 5. The highest BCUT2D eigenvalue weighted by molar-refractivity contribution is 6.03. The molecule has 29 heavy (non-hydrogen) atoms. The van der Waals surface area contributed by atoms with Gasteiger partial charge in [-0.3, -0.25) is 14.9 Å². The van der Waals surface area contributed by atoms with Crippen molar-refractivity contribution >= 4 is 17.6 Å². The van der Waals surface area contributed by atoms with Crippen LogP contribution in [0.4, 0.5) is 0 Å². The molecule has 2 aromatic carbocycles. The molecule has 1 amide bonds. The number of carbonyl (C=O) groups is 2. The van der Waals surface area contributed by atoms with E-state index in [-0.39, 0.29) is 11.8 Å². The summed E-state index contributed by atoms with van der Waals surface area (Å²) in [5.74, 6) is 0.0576. The lowest BCUT2D eigenvalue weighted by atomic mass is 10.0. The lowest BCUT2D eigenvalue weighted by molar-refractivity contribution is -0.142. The van der Waals surface area contributed by atoms with Crippen LogP contribution in [-0.4, -0.2) is 39.9 Å². The highest BCUT2D eigenvalue weighted by Gasteiger charge is 2.34. The van der Waals surface area contributed by atoms with Crippen LogP contribution in [0.2, 0.25) is 0 Å². The second kappa shape index (κ2) is 8.87. The molecule has 1 aliphatic rings. The van der Waals surface area contributed by atoms with E-state index < -0.39 is 18.2 Å². The first kappa shape index (κ1) is 20.5. The van der Waals surface area contributed by atoms with Crippen molar-refractivity contribution in [3.63, 3.8) is 0 Å². The van der Waals surface area contributed by atoms with Crippen molar-refractivity contribution in [1.82, 2.24) is 10.3 Å². The molecule has 1 heterocycles. The Bertz CT molecular complexity index is 911. The van der Waals surface area contributed by atoms with Gasteiger partial charge in [-0.1, -0.05) is 44.2 Å². The third-order valence-electron chi connectivity index (χ3n) is 4.68. The van der Waals surface area contributed by atoms with Gasteiger partial charge < -0.3 is 9.84 Å². The molecule has 1 aliphatic heterocycles. The average Bonchev–Trinajstić information content (AvgIpc) is 3.11. The number of benzene rings is 2. The van der Waals surface area contributed by atoms with Crippen molar-refractivity contribution < 1.29 is 19.4 Å². The van der Waals surface area contributed by atoms with Crippen LogP contribution in [0.5, 0.6) is 11.5 Å². The Balaban J connectivity index is 1.80. The molecule has 0 bridgehead atoms. The lowest BCUT2D eigenvalue weighted by Gasteiger charge is -2.27. The smallest absolute Gasteiger partial charge is 0.321 e. The number of nitrogens with zero attached hydrogens (tertiary/aromatic N) is 2. The zero-order chi connectivity index (χ0) is 21.0. The maximum absolute atomic E-state index is 12.1. The van der Waals surface area contributed by atoms with E-state index in [1.807, 2.05) is 68.4 Å². The highest BCUT2D eigenvalue weighted by atomic mass is 16.5. The summed E-state index contributed by atoms with van der Waals surface area (Å²) in [6.07, 6.45) is -0.102. The van der Waals surface area contributed by atoms with Crippen LogP contribution in [0.25, 0.3) is 0 Å². The Kier molecular flexibility index (Phi) is 6.29. The van der Waals surface area contributed by atoms with Gasteiger partial charge in [0.15, 0.2) is 0 Å². The highest BCUT2D eigenvalue weighted by Crippen LogP contribution is 2.25. The minimum absolute atomic E-state index is 0.132. The van der Waals surface area contributed by atoms with E-state index in [2.05, 4.69) is 10.4 Å². The molecule has 152 valence electrons. The van der Waals surface area contributed by atoms with E-state index in [1.165, 1.54) is 11.9 Å². The Morgan fingerprint density at radius 2 is 1.83 bits per heavy atom. The third-order valence-corrected chi connectivity index (χ3v) is 4.68. The second-order valence-corrected chi connectivity index (χ2v) is 7.30. The fourth-order valence-electron chi connectivity index (χ4n) is 3.23. The third kappa shape index (κ3) is 5.00. The summed E-state index contributed by atoms with van der Waals surface area (Å²) < 4.78 is 5.88. The van der Waals surface area contributed by atoms with E-state index in [0.717, 1.165) is 11.3 Å². The second-order valence-electron chi connectivity index (χ2n) is 7.30. The van der Waals surface area contributed by atoms with Gasteiger partial charge in [0.25, 0.3) is 0 Å². The minimum Gasteiger partial charge on any atom is -0.480 e. The summed E-state index contributed by atoms with van der Waals surface area (Å²) in [5.41, 5.74) is 1.52. The normalized spacial score (nSPS) is 17.2. The molecule has 0 aliphatic carbocycles. The molecule has 0 fully saturated rings. The predicted molar refractivity (Wildman–Crippen MR) is 110 cm³/mol. The molecular formula is C22H25N3O4. The standard InChI is InChI=1S/C22H25N3O4/c1-14(2)21(22(27)28)23-20-13-19(24-25(20)15(3)26)16-8-7-11-18(12-16)29-17-9-5-4-6-10-17/h4-12,14,20-21,23H,13H2,1-3H3,(H,27,28). The first-order chi connectivity index (χ1) is 13.8. The van der Waals surface area contributed by atoms with E-state index in [9.17, 15) is 14.7 Å². The lowest BCUT2D eigenvalue weighted by Crippen LogP contribution is -2.52. The summed E-state index contributed by atoms with van der Waals surface area (Å²) in [5, 5.41) is 18.3. The summed E-state index contributed by atoms with van der Waals surface area (Å²) in [6.45, 7) is 5.07. The fraction of sp³-hybridized carbons (Fsp3) is 0.318. The van der Waals surface area contributed by atoms with Crippen LogP contribution in [0.1, 0.15) is 32.8 Å². The van der Waals surface area contributed by atoms with Gasteiger partial charge in [0.1, 0.15) is 23.7 Å². The maximum Gasteiger partial charge on any atom is 0.321 e. The Labute approximate surface area is 170 Å². The number of rotatable bonds is 7. The number of carbonyl (C=O) groups excluding carboxylic acids is 1. The van der Waals surface area contributed by atoms with Crippen LogP contribution >= 0.6 is 0 Å². The largest absolute Gasteiger partial charge is 0.480 e. The number of carboxylic acid groups (broad SMARTS) is 1. The average molecular weight is 395 g/mol. The van der Waals surface area contributed by atoms with Crippen LogP contribution in [-0.2, 0) is 9.59 Å². The Morgan fingerprint density at radius 1 is 1.14 bits per heavy atom. The number of hydrazone groups is 1. The predicted octanol–water partition coefficient (Wildman–Crippen LogP) is 3.46. The van der Waals surface area contributed by atoms with Crippen molar-refractivity contribution in [3.05, 3.63) is 60.2 Å².